The van der Waals surface area contributed by atoms with E-state index in [-0.39, 0.29) is 29.5 Å². The van der Waals surface area contributed by atoms with E-state index in [1.54, 1.807) is 44.3 Å². The molecule has 3 aromatic heterocycles. The van der Waals surface area contributed by atoms with E-state index in [1.807, 2.05) is 6.92 Å². The molecule has 1 fully saturated rings. The number of carbonyl (C=O) groups is 1. The number of halogens is 3. The lowest BCUT2D eigenvalue weighted by Gasteiger charge is -2.27. The number of rotatable bonds is 6. The fourth-order valence-corrected chi connectivity index (χ4v) is 7.51. The maximum absolute atomic E-state index is 13.9. The number of hydrogen-bond acceptors (Lipinski definition) is 7. The van der Waals surface area contributed by atoms with Crippen LogP contribution in [-0.2, 0) is 27.5 Å². The number of ether oxygens (including phenoxy) is 1. The highest BCUT2D eigenvalue weighted by Crippen LogP contribution is 2.46. The summed E-state index contributed by atoms with van der Waals surface area (Å²) in [7, 11) is -4.00. The van der Waals surface area contributed by atoms with Crippen molar-refractivity contribution in [2.24, 2.45) is 5.92 Å². The number of sulfonamides is 1. The molecule has 0 radical (unpaired) electrons. The van der Waals surface area contributed by atoms with Gasteiger partial charge < -0.3 is 9.84 Å². The molecule has 0 saturated heterocycles. The van der Waals surface area contributed by atoms with Crippen LogP contribution in [-0.4, -0.2) is 55.5 Å². The van der Waals surface area contributed by atoms with Gasteiger partial charge in [-0.3, -0.25) is 9.20 Å². The maximum atomic E-state index is 13.9. The van der Waals surface area contributed by atoms with E-state index in [0.29, 0.717) is 40.7 Å². The molecule has 1 unspecified atom stereocenters. The molecular weight excluding hydrogens is 599 g/mol. The molecule has 4 heterocycles. The van der Waals surface area contributed by atoms with Crippen molar-refractivity contribution in [3.8, 4) is 5.88 Å². The average molecular weight is 630 g/mol. The van der Waals surface area contributed by atoms with Crippen LogP contribution in [0.15, 0.2) is 47.6 Å². The van der Waals surface area contributed by atoms with Crippen LogP contribution in [0.25, 0.3) is 5.65 Å². The van der Waals surface area contributed by atoms with E-state index in [1.165, 1.54) is 23.5 Å². The standard InChI is InChI=1S/C30H30F3N5O5S/c1-16-11-23-26(34-13-16)43-29(8-9-29)15-37(44(23,41)42)14-21-12-20(6-5-17(21)2)24(19(4)27(39)40)22-7-10-38-25(18(22)3)35-36-28(38)30(31,32)33/h5-7,10-13,19,24H,8-9,14-15H2,1-4H3,(H,39,40)/t19-,24?/m1/s1. The van der Waals surface area contributed by atoms with Crippen molar-refractivity contribution in [3.63, 3.8) is 0 Å². The van der Waals surface area contributed by atoms with Crippen LogP contribution in [0.5, 0.6) is 5.88 Å². The van der Waals surface area contributed by atoms with E-state index in [4.69, 9.17) is 4.74 Å². The molecule has 2 aliphatic rings. The van der Waals surface area contributed by atoms with E-state index in [2.05, 4.69) is 15.2 Å². The van der Waals surface area contributed by atoms with Crippen molar-refractivity contribution in [3.05, 3.63) is 81.9 Å². The Bertz CT molecular complexity index is 1920. The lowest BCUT2D eigenvalue weighted by molar-refractivity contribution is -0.145. The van der Waals surface area contributed by atoms with Gasteiger partial charge >= 0.3 is 12.1 Å². The molecule has 14 heteroatoms. The first-order valence-corrected chi connectivity index (χ1v) is 15.4. The third-order valence-corrected chi connectivity index (χ3v) is 10.4. The molecule has 4 aromatic rings. The molecule has 1 N–H and O–H groups in total. The topological polar surface area (TPSA) is 127 Å². The van der Waals surface area contributed by atoms with Gasteiger partial charge in [-0.2, -0.15) is 17.5 Å². The molecular formula is C30H30F3N5O5S. The Hall–Kier alpha value is -4.04. The third-order valence-electron chi connectivity index (χ3n) is 8.58. The van der Waals surface area contributed by atoms with Gasteiger partial charge in [0, 0.05) is 24.9 Å². The molecule has 232 valence electrons. The first kappa shape index (κ1) is 30.0. The number of nitrogens with zero attached hydrogens (tertiary/aromatic N) is 5. The van der Waals surface area contributed by atoms with E-state index >= 15 is 0 Å². The summed E-state index contributed by atoms with van der Waals surface area (Å²) in [6.07, 6.45) is -0.582. The van der Waals surface area contributed by atoms with E-state index in [9.17, 15) is 31.5 Å². The van der Waals surface area contributed by atoms with Crippen LogP contribution in [0, 0.1) is 26.7 Å². The SMILES string of the molecule is Cc1cnc2c(c1)S(=O)(=O)N(Cc1cc(C(c3ccn4c(C(F)(F)F)nnc4c3C)[C@@H](C)C(=O)O)ccc1C)CC1(CC1)O2. The highest BCUT2D eigenvalue weighted by Gasteiger charge is 2.52. The predicted molar refractivity (Wildman–Crippen MR) is 152 cm³/mol. The van der Waals surface area contributed by atoms with Gasteiger partial charge in [-0.1, -0.05) is 25.1 Å². The predicted octanol–water partition coefficient (Wildman–Crippen LogP) is 5.04. The second-order valence-corrected chi connectivity index (χ2v) is 13.7. The minimum atomic E-state index is -4.72. The van der Waals surface area contributed by atoms with Gasteiger partial charge in [0.2, 0.25) is 21.7 Å². The number of benzene rings is 1. The lowest BCUT2D eigenvalue weighted by atomic mass is 9.79. The van der Waals surface area contributed by atoms with Crippen LogP contribution in [0.4, 0.5) is 13.2 Å². The van der Waals surface area contributed by atoms with Crippen LogP contribution < -0.4 is 4.74 Å². The minimum Gasteiger partial charge on any atom is -0.481 e. The molecule has 1 aromatic carbocycles. The molecule has 10 nitrogen and oxygen atoms in total. The Kier molecular flexibility index (Phi) is 7.00. The number of hydrogen-bond donors (Lipinski definition) is 1. The summed E-state index contributed by atoms with van der Waals surface area (Å²) < 4.78 is 76.7. The van der Waals surface area contributed by atoms with Gasteiger partial charge in [0.05, 0.1) is 12.5 Å². The first-order chi connectivity index (χ1) is 20.6. The van der Waals surface area contributed by atoms with Crippen molar-refractivity contribution in [2.75, 3.05) is 6.54 Å². The number of aliphatic carboxylic acids is 1. The van der Waals surface area contributed by atoms with Gasteiger partial charge in [-0.25, -0.2) is 13.4 Å². The van der Waals surface area contributed by atoms with Crippen LogP contribution >= 0.6 is 0 Å². The van der Waals surface area contributed by atoms with E-state index in [0.717, 1.165) is 9.96 Å². The van der Waals surface area contributed by atoms with Crippen LogP contribution in [0.1, 0.15) is 64.9 Å². The Morgan fingerprint density at radius 3 is 2.52 bits per heavy atom. The second kappa shape index (κ2) is 10.3. The van der Waals surface area contributed by atoms with Gasteiger partial charge in [0.1, 0.15) is 10.5 Å². The zero-order valence-corrected chi connectivity index (χ0v) is 25.2. The summed E-state index contributed by atoms with van der Waals surface area (Å²) >= 11 is 0. The second-order valence-electron chi connectivity index (χ2n) is 11.8. The van der Waals surface area contributed by atoms with Crippen LogP contribution in [0.3, 0.4) is 0 Å². The summed E-state index contributed by atoms with van der Waals surface area (Å²) in [5.41, 5.74) is 2.85. The Morgan fingerprint density at radius 1 is 1.14 bits per heavy atom. The van der Waals surface area contributed by atoms with Crippen molar-refractivity contribution in [2.45, 2.75) is 69.7 Å². The number of aryl methyl sites for hydroxylation is 3. The minimum absolute atomic E-state index is 0.00270. The molecule has 1 aliphatic carbocycles. The van der Waals surface area contributed by atoms with Crippen molar-refractivity contribution < 1.29 is 36.2 Å². The number of pyridine rings is 2. The number of aromatic nitrogens is 4. The summed E-state index contributed by atoms with van der Waals surface area (Å²) in [6, 6.07) is 8.36. The molecule has 0 amide bonds. The van der Waals surface area contributed by atoms with Gasteiger partial charge in [0.25, 0.3) is 0 Å². The number of carboxylic acids is 1. The monoisotopic (exact) mass is 629 g/mol. The third kappa shape index (κ3) is 5.09. The van der Waals surface area contributed by atoms with Gasteiger partial charge in [-0.15, -0.1) is 10.2 Å². The molecule has 1 aliphatic heterocycles. The van der Waals surface area contributed by atoms with Gasteiger partial charge in [-0.05, 0) is 79.1 Å². The first-order valence-electron chi connectivity index (χ1n) is 14.0. The molecule has 2 atom stereocenters. The largest absolute Gasteiger partial charge is 0.481 e. The molecule has 6 rings (SSSR count). The van der Waals surface area contributed by atoms with Crippen LogP contribution in [0.2, 0.25) is 0 Å². The maximum Gasteiger partial charge on any atom is 0.452 e. The van der Waals surface area contributed by atoms with E-state index < -0.39 is 45.4 Å². The summed E-state index contributed by atoms with van der Waals surface area (Å²) in [6.45, 7) is 6.85. The highest BCUT2D eigenvalue weighted by atomic mass is 32.2. The Labute approximate surface area is 251 Å². The Morgan fingerprint density at radius 2 is 1.86 bits per heavy atom. The molecule has 1 saturated carbocycles. The smallest absolute Gasteiger partial charge is 0.452 e. The normalized spacial score (nSPS) is 18.8. The fourth-order valence-electron chi connectivity index (χ4n) is 5.87. The number of alkyl halides is 3. The Balaban J connectivity index is 1.43. The molecule has 44 heavy (non-hydrogen) atoms. The summed E-state index contributed by atoms with van der Waals surface area (Å²) in [5.74, 6) is -3.96. The van der Waals surface area contributed by atoms with Gasteiger partial charge in [0.15, 0.2) is 5.65 Å². The van der Waals surface area contributed by atoms with Crippen molar-refractivity contribution in [1.29, 1.82) is 0 Å². The lowest BCUT2D eigenvalue weighted by Crippen LogP contribution is -2.38. The zero-order chi connectivity index (χ0) is 31.8. The fraction of sp³-hybridized carbons (Fsp3) is 0.400. The number of carboxylic acid groups (broad SMARTS) is 1. The van der Waals surface area contributed by atoms with Crippen molar-refractivity contribution in [1.82, 2.24) is 23.9 Å². The summed E-state index contributed by atoms with van der Waals surface area (Å²) in [5, 5.41) is 17.1. The summed E-state index contributed by atoms with van der Waals surface area (Å²) in [4.78, 5) is 16.6. The molecule has 0 bridgehead atoms. The highest BCUT2D eigenvalue weighted by molar-refractivity contribution is 7.89. The zero-order valence-electron chi connectivity index (χ0n) is 24.4. The average Bonchev–Trinajstić information content (AvgIpc) is 3.56. The number of fused-ring (bicyclic) bond motifs is 2. The quantitative estimate of drug-likeness (QED) is 0.315. The van der Waals surface area contributed by atoms with Crippen molar-refractivity contribution >= 4 is 21.6 Å². The molecule has 1 spiro atoms.